The topological polar surface area (TPSA) is 97.0 Å². The number of carbonyl (C=O) groups excluding carboxylic acids is 1. The number of amides is 1. The van der Waals surface area contributed by atoms with Crippen LogP contribution in [0.2, 0.25) is 0 Å². The first kappa shape index (κ1) is 17.5. The first-order valence-corrected chi connectivity index (χ1v) is 8.47. The number of hydrogen-bond acceptors (Lipinski definition) is 6. The summed E-state index contributed by atoms with van der Waals surface area (Å²) in [6.45, 7) is 10.1. The van der Waals surface area contributed by atoms with E-state index in [1.807, 2.05) is 27.7 Å². The van der Waals surface area contributed by atoms with Crippen molar-refractivity contribution in [1.82, 2.24) is 29.9 Å². The molecule has 3 heterocycles. The molecule has 0 radical (unpaired) electrons. The lowest BCUT2D eigenvalue weighted by molar-refractivity contribution is 0.0379. The van der Waals surface area contributed by atoms with E-state index in [1.165, 1.54) is 0 Å². The van der Waals surface area contributed by atoms with Gasteiger partial charge >= 0.3 is 0 Å². The molecule has 0 aliphatic carbocycles. The molecule has 1 aliphatic rings. The molecular formula is C17H24N6O2. The Morgan fingerprint density at radius 2 is 1.88 bits per heavy atom. The van der Waals surface area contributed by atoms with Crippen LogP contribution in [0.15, 0.2) is 6.20 Å². The normalized spacial score (nSPS) is 20.5. The van der Waals surface area contributed by atoms with Crippen molar-refractivity contribution in [2.24, 2.45) is 0 Å². The summed E-state index contributed by atoms with van der Waals surface area (Å²) in [5.74, 6) is -0.208. The van der Waals surface area contributed by atoms with E-state index in [2.05, 4.69) is 20.3 Å². The van der Waals surface area contributed by atoms with E-state index in [0.717, 1.165) is 11.4 Å². The van der Waals surface area contributed by atoms with Crippen LogP contribution in [0.3, 0.4) is 0 Å². The Kier molecular flexibility index (Phi) is 4.32. The fourth-order valence-corrected chi connectivity index (χ4v) is 2.99. The largest absolute Gasteiger partial charge is 0.381 e. The minimum absolute atomic E-state index is 0.164. The zero-order valence-corrected chi connectivity index (χ0v) is 15.3. The van der Waals surface area contributed by atoms with Crippen LogP contribution in [0, 0.1) is 20.8 Å². The van der Waals surface area contributed by atoms with Crippen molar-refractivity contribution in [3.05, 3.63) is 34.7 Å². The van der Waals surface area contributed by atoms with Gasteiger partial charge in [-0.3, -0.25) is 9.78 Å². The minimum atomic E-state index is -1.18. The van der Waals surface area contributed by atoms with Gasteiger partial charge in [-0.05, 0) is 34.6 Å². The molecule has 25 heavy (non-hydrogen) atoms. The highest BCUT2D eigenvalue weighted by Crippen LogP contribution is 2.31. The molecule has 1 N–H and O–H groups in total. The summed E-state index contributed by atoms with van der Waals surface area (Å²) in [4.78, 5) is 23.2. The maximum atomic E-state index is 12.8. The Hall–Kier alpha value is -2.35. The van der Waals surface area contributed by atoms with Crippen LogP contribution in [0.1, 0.15) is 59.6 Å². The average Bonchev–Trinajstić information content (AvgIpc) is 3.18. The number of nitrogens with zero attached hydrogens (tertiary/aromatic N) is 6. The predicted molar refractivity (Wildman–Crippen MR) is 91.1 cm³/mol. The highest BCUT2D eigenvalue weighted by atomic mass is 16.3. The molecule has 0 bridgehead atoms. The van der Waals surface area contributed by atoms with Gasteiger partial charge in [-0.1, -0.05) is 5.21 Å². The van der Waals surface area contributed by atoms with Crippen LogP contribution in [0.25, 0.3) is 0 Å². The van der Waals surface area contributed by atoms with E-state index in [1.54, 1.807) is 22.7 Å². The van der Waals surface area contributed by atoms with Crippen LogP contribution < -0.4 is 0 Å². The summed E-state index contributed by atoms with van der Waals surface area (Å²) >= 11 is 0. The second-order valence-electron chi connectivity index (χ2n) is 7.01. The molecule has 1 saturated heterocycles. The first-order chi connectivity index (χ1) is 11.7. The molecule has 8 nitrogen and oxygen atoms in total. The van der Waals surface area contributed by atoms with Gasteiger partial charge in [0.05, 0.1) is 29.8 Å². The number of aryl methyl sites for hydroxylation is 3. The summed E-state index contributed by atoms with van der Waals surface area (Å²) < 4.78 is 1.71. The Morgan fingerprint density at radius 1 is 1.20 bits per heavy atom. The molecule has 1 aliphatic heterocycles. The maximum absolute atomic E-state index is 12.8. The molecule has 3 rings (SSSR count). The third-order valence-corrected chi connectivity index (χ3v) is 4.73. The van der Waals surface area contributed by atoms with Crippen LogP contribution in [0.4, 0.5) is 0 Å². The van der Waals surface area contributed by atoms with Gasteiger partial charge in [0.25, 0.3) is 5.91 Å². The van der Waals surface area contributed by atoms with E-state index < -0.39 is 5.60 Å². The molecule has 0 aromatic carbocycles. The monoisotopic (exact) mass is 344 g/mol. The molecule has 1 atom stereocenters. The number of rotatable bonds is 3. The maximum Gasteiger partial charge on any atom is 0.274 e. The number of aliphatic hydroxyl groups is 1. The van der Waals surface area contributed by atoms with Gasteiger partial charge in [0, 0.05) is 19.0 Å². The molecule has 2 aromatic heterocycles. The minimum Gasteiger partial charge on any atom is -0.381 e. The van der Waals surface area contributed by atoms with E-state index >= 15 is 0 Å². The summed E-state index contributed by atoms with van der Waals surface area (Å²) in [7, 11) is 0. The van der Waals surface area contributed by atoms with E-state index in [-0.39, 0.29) is 18.5 Å². The fourth-order valence-electron chi connectivity index (χ4n) is 2.99. The van der Waals surface area contributed by atoms with Gasteiger partial charge < -0.3 is 10.0 Å². The standard InChI is InChI=1S/C17H24N6O2/c1-10(2)23-8-14(20-21-23)17(25)6-7-22(9-17)16(24)15-13(5)18-11(3)12(4)19-15/h8,10,25H,6-7,9H2,1-5H3/t17-/m0/s1. The molecule has 0 spiro atoms. The summed E-state index contributed by atoms with van der Waals surface area (Å²) in [5, 5.41) is 19.1. The molecule has 2 aromatic rings. The van der Waals surface area contributed by atoms with Gasteiger partial charge in [-0.25, -0.2) is 9.67 Å². The first-order valence-electron chi connectivity index (χ1n) is 8.47. The summed E-state index contributed by atoms with van der Waals surface area (Å²) in [5.41, 5.74) is 1.83. The molecular weight excluding hydrogens is 320 g/mol. The van der Waals surface area contributed by atoms with Crippen molar-refractivity contribution in [3.63, 3.8) is 0 Å². The molecule has 0 saturated carbocycles. The predicted octanol–water partition coefficient (Wildman–Crippen LogP) is 1.31. The van der Waals surface area contributed by atoms with Crippen molar-refractivity contribution in [3.8, 4) is 0 Å². The van der Waals surface area contributed by atoms with Crippen molar-refractivity contribution >= 4 is 5.91 Å². The van der Waals surface area contributed by atoms with Crippen molar-refractivity contribution in [1.29, 1.82) is 0 Å². The number of carbonyl (C=O) groups is 1. The lowest BCUT2D eigenvalue weighted by Crippen LogP contribution is -2.35. The highest BCUT2D eigenvalue weighted by Gasteiger charge is 2.42. The Morgan fingerprint density at radius 3 is 2.52 bits per heavy atom. The number of aromatic nitrogens is 5. The quantitative estimate of drug-likeness (QED) is 0.901. The summed E-state index contributed by atoms with van der Waals surface area (Å²) in [6.07, 6.45) is 2.17. The van der Waals surface area contributed by atoms with Crippen LogP contribution in [-0.2, 0) is 5.60 Å². The van der Waals surface area contributed by atoms with E-state index in [4.69, 9.17) is 0 Å². The van der Waals surface area contributed by atoms with Crippen LogP contribution in [0.5, 0.6) is 0 Å². The Labute approximate surface area is 146 Å². The van der Waals surface area contributed by atoms with Crippen molar-refractivity contribution < 1.29 is 9.90 Å². The number of β-amino-alcohol motifs (C(OH)–C–C–N with tert-alkyl or cyclic N) is 1. The molecule has 0 unspecified atom stereocenters. The Bertz CT molecular complexity index is 815. The lowest BCUT2D eigenvalue weighted by atomic mass is 10.00. The van der Waals surface area contributed by atoms with Gasteiger partial charge in [-0.2, -0.15) is 0 Å². The molecule has 8 heteroatoms. The third kappa shape index (κ3) is 3.13. The molecule has 1 fully saturated rings. The molecule has 134 valence electrons. The number of likely N-dealkylation sites (tertiary alicyclic amines) is 1. The van der Waals surface area contributed by atoms with Crippen LogP contribution >= 0.6 is 0 Å². The van der Waals surface area contributed by atoms with Gasteiger partial charge in [0.1, 0.15) is 17.0 Å². The zero-order valence-electron chi connectivity index (χ0n) is 15.3. The zero-order chi connectivity index (χ0) is 18.4. The van der Waals surface area contributed by atoms with Crippen molar-refractivity contribution in [2.75, 3.05) is 13.1 Å². The average molecular weight is 344 g/mol. The number of hydrogen-bond donors (Lipinski definition) is 1. The van der Waals surface area contributed by atoms with Crippen LogP contribution in [-0.4, -0.2) is 54.0 Å². The summed E-state index contributed by atoms with van der Waals surface area (Å²) in [6, 6.07) is 0.164. The van der Waals surface area contributed by atoms with Gasteiger partial charge in [0.15, 0.2) is 0 Å². The second kappa shape index (κ2) is 6.18. The van der Waals surface area contributed by atoms with E-state index in [9.17, 15) is 9.90 Å². The SMILES string of the molecule is Cc1nc(C)c(C(=O)N2CC[C@@](O)(c3cn(C(C)C)nn3)C2)nc1C. The van der Waals surface area contributed by atoms with Crippen molar-refractivity contribution in [2.45, 2.75) is 52.7 Å². The fraction of sp³-hybridized carbons (Fsp3) is 0.588. The molecule has 1 amide bonds. The highest BCUT2D eigenvalue weighted by molar-refractivity contribution is 5.93. The third-order valence-electron chi connectivity index (χ3n) is 4.73. The second-order valence-corrected chi connectivity index (χ2v) is 7.01. The Balaban J connectivity index is 1.82. The smallest absolute Gasteiger partial charge is 0.274 e. The van der Waals surface area contributed by atoms with E-state index in [0.29, 0.717) is 30.0 Å². The van der Waals surface area contributed by atoms with Gasteiger partial charge in [0.2, 0.25) is 0 Å². The lowest BCUT2D eigenvalue weighted by Gasteiger charge is -2.21. The van der Waals surface area contributed by atoms with Gasteiger partial charge in [-0.15, -0.1) is 5.10 Å².